The number of aromatic hydroxyl groups is 2. The zero-order valence-corrected chi connectivity index (χ0v) is 28.0. The Kier molecular flexibility index (Phi) is 6.00. The van der Waals surface area contributed by atoms with E-state index in [0.29, 0.717) is 69.4 Å². The van der Waals surface area contributed by atoms with Crippen molar-refractivity contribution in [3.8, 4) is 23.0 Å². The molecule has 4 N–H and O–H groups in total. The van der Waals surface area contributed by atoms with Crippen LogP contribution in [0.3, 0.4) is 0 Å². The molecule has 4 heterocycles. The van der Waals surface area contributed by atoms with Crippen molar-refractivity contribution < 1.29 is 29.9 Å². The molecule has 10 heteroatoms. The average molecular weight is 665 g/mol. The van der Waals surface area contributed by atoms with E-state index in [1.54, 1.807) is 12.1 Å². The number of benzene rings is 2. The molecule has 4 aliphatic heterocycles. The molecule has 2 aromatic carbocycles. The number of nitrogens with zero attached hydrogens (tertiary/aromatic N) is 4. The molecule has 4 bridgehead atoms. The molecule has 10 nitrogen and oxygen atoms in total. The minimum absolute atomic E-state index is 0.0887. The summed E-state index contributed by atoms with van der Waals surface area (Å²) in [5.74, 6) is 1.11. The van der Waals surface area contributed by atoms with Crippen molar-refractivity contribution in [2.45, 2.75) is 105 Å². The highest BCUT2D eigenvalue weighted by atomic mass is 16.5. The van der Waals surface area contributed by atoms with Gasteiger partial charge in [0.05, 0.1) is 33.5 Å². The fraction of sp³-hybridized carbons (Fsp3) is 0.538. The molecular formula is C39H44N4O6. The molecule has 0 radical (unpaired) electrons. The van der Waals surface area contributed by atoms with Crippen LogP contribution in [-0.4, -0.2) is 103 Å². The van der Waals surface area contributed by atoms with Crippen LogP contribution in [0.15, 0.2) is 59.3 Å². The molecule has 2 aromatic rings. The van der Waals surface area contributed by atoms with E-state index in [2.05, 4.69) is 23.0 Å². The second kappa shape index (κ2) is 9.75. The number of phenols is 2. The van der Waals surface area contributed by atoms with Gasteiger partial charge in [0.1, 0.15) is 0 Å². The summed E-state index contributed by atoms with van der Waals surface area (Å²) in [7, 11) is 0. The van der Waals surface area contributed by atoms with Crippen molar-refractivity contribution in [1.29, 1.82) is 0 Å². The molecule has 4 aliphatic carbocycles. The number of hydrogen-bond acceptors (Lipinski definition) is 10. The molecule has 49 heavy (non-hydrogen) atoms. The molecule has 2 spiro atoms. The Morgan fingerprint density at radius 1 is 0.816 bits per heavy atom. The molecule has 0 aromatic heterocycles. The van der Waals surface area contributed by atoms with Gasteiger partial charge in [0.15, 0.2) is 35.2 Å². The molecule has 10 rings (SSSR count). The third kappa shape index (κ3) is 3.42. The van der Waals surface area contributed by atoms with Gasteiger partial charge in [-0.15, -0.1) is 6.58 Å². The first-order valence-corrected chi connectivity index (χ1v) is 17.9. The Hall–Kier alpha value is -3.70. The van der Waals surface area contributed by atoms with E-state index in [4.69, 9.17) is 19.7 Å². The monoisotopic (exact) mass is 664 g/mol. The highest BCUT2D eigenvalue weighted by Gasteiger charge is 2.74. The van der Waals surface area contributed by atoms with Crippen LogP contribution < -0.4 is 9.47 Å². The van der Waals surface area contributed by atoms with Crippen molar-refractivity contribution >= 4 is 11.4 Å². The van der Waals surface area contributed by atoms with E-state index in [-0.39, 0.29) is 23.6 Å². The lowest BCUT2D eigenvalue weighted by Crippen LogP contribution is -2.76. The molecule has 256 valence electrons. The fourth-order valence-electron chi connectivity index (χ4n) is 12.1. The molecule has 8 atom stereocenters. The third-order valence-electron chi connectivity index (χ3n) is 13.9. The van der Waals surface area contributed by atoms with Gasteiger partial charge in [-0.05, 0) is 81.5 Å². The highest BCUT2D eigenvalue weighted by molar-refractivity contribution is 5.97. The number of piperidine rings is 2. The molecule has 0 unspecified atom stereocenters. The standard InChI is InChI=1S/C39H44N4O6/c1-4-15-42-16-13-36-30-22-5-7-26(44)32(30)48-34(36)24(9-11-38(36,46)28(42)18-22)40-41-25-10-12-39(47)29-19-23-6-8-27(45)33-31(23)37(39,35(25)49-33)14-17-43(29)20-21(2)3/h4-8,28-29,34-35,44-47H,1-2,9-20H2,3H3/b40-24-,41-25-/t28-,29-,34+,35+,36+,37+,38-,39-/m1/s1. The van der Waals surface area contributed by atoms with Crippen LogP contribution in [0.4, 0.5) is 0 Å². The van der Waals surface area contributed by atoms with Crippen molar-refractivity contribution in [1.82, 2.24) is 9.80 Å². The number of phenolic OH excluding ortho intramolecular Hbond substituents is 2. The lowest BCUT2D eigenvalue weighted by atomic mass is 9.48. The first-order valence-electron chi connectivity index (χ1n) is 17.9. The number of hydrogen-bond donors (Lipinski definition) is 4. The highest BCUT2D eigenvalue weighted by Crippen LogP contribution is 2.66. The Labute approximate surface area is 286 Å². The fourth-order valence-corrected chi connectivity index (χ4v) is 12.1. The summed E-state index contributed by atoms with van der Waals surface area (Å²) in [6.45, 7) is 13.2. The largest absolute Gasteiger partial charge is 0.504 e. The summed E-state index contributed by atoms with van der Waals surface area (Å²) < 4.78 is 13.4. The first-order chi connectivity index (χ1) is 23.6. The summed E-state index contributed by atoms with van der Waals surface area (Å²) in [5, 5.41) is 57.6. The zero-order chi connectivity index (χ0) is 33.7. The maximum Gasteiger partial charge on any atom is 0.166 e. The van der Waals surface area contributed by atoms with E-state index in [1.807, 2.05) is 25.1 Å². The van der Waals surface area contributed by atoms with Crippen molar-refractivity contribution in [3.05, 3.63) is 71.3 Å². The van der Waals surface area contributed by atoms with E-state index < -0.39 is 34.2 Å². The van der Waals surface area contributed by atoms with Gasteiger partial charge < -0.3 is 29.9 Å². The minimum atomic E-state index is -1.06. The SMILES string of the molecule is C=CCN1CC[C@]23c4c5ccc(O)c4O[C@H]2/C(=N\N=C2\CC[C@@]4(O)[C@H]6Cc7ccc(O)c8c7[C@@]4(CCN6CC(=C)C)[C@H]2O8)CC[C@@]3(O)[C@H]1C5. The van der Waals surface area contributed by atoms with E-state index >= 15 is 0 Å². The van der Waals surface area contributed by atoms with Gasteiger partial charge in [-0.2, -0.15) is 10.2 Å². The summed E-state index contributed by atoms with van der Waals surface area (Å²) >= 11 is 0. The van der Waals surface area contributed by atoms with Crippen LogP contribution in [0.1, 0.15) is 67.7 Å². The van der Waals surface area contributed by atoms with Crippen LogP contribution in [0.5, 0.6) is 23.0 Å². The zero-order valence-electron chi connectivity index (χ0n) is 28.0. The van der Waals surface area contributed by atoms with Crippen molar-refractivity contribution in [2.75, 3.05) is 26.2 Å². The Bertz CT molecular complexity index is 1920. The summed E-state index contributed by atoms with van der Waals surface area (Å²) in [5.41, 5.74) is 3.05. The van der Waals surface area contributed by atoms with Gasteiger partial charge >= 0.3 is 0 Å². The predicted octanol–water partition coefficient (Wildman–Crippen LogP) is 3.67. The molecule has 2 saturated carbocycles. The van der Waals surface area contributed by atoms with Gasteiger partial charge in [-0.25, -0.2) is 0 Å². The molecule has 0 amide bonds. The van der Waals surface area contributed by atoms with Gasteiger partial charge in [0, 0.05) is 49.4 Å². The molecule has 8 aliphatic rings. The number of likely N-dealkylation sites (tertiary alicyclic amines) is 2. The van der Waals surface area contributed by atoms with Crippen LogP contribution in [0.2, 0.25) is 0 Å². The van der Waals surface area contributed by atoms with Gasteiger partial charge in [-0.1, -0.05) is 30.4 Å². The van der Waals surface area contributed by atoms with Crippen molar-refractivity contribution in [3.63, 3.8) is 0 Å². The van der Waals surface area contributed by atoms with E-state index in [0.717, 1.165) is 58.9 Å². The lowest BCUT2D eigenvalue weighted by molar-refractivity contribution is -0.164. The van der Waals surface area contributed by atoms with Gasteiger partial charge in [0.25, 0.3) is 0 Å². The number of ether oxygens (including phenoxy) is 2. The minimum Gasteiger partial charge on any atom is -0.504 e. The average Bonchev–Trinajstić information content (AvgIpc) is 3.61. The molecule has 2 saturated heterocycles. The van der Waals surface area contributed by atoms with E-state index in [1.165, 1.54) is 0 Å². The topological polar surface area (TPSA) is 131 Å². The van der Waals surface area contributed by atoms with Gasteiger partial charge in [-0.3, -0.25) is 9.80 Å². The summed E-state index contributed by atoms with van der Waals surface area (Å²) in [4.78, 5) is 4.71. The Morgan fingerprint density at radius 3 is 1.80 bits per heavy atom. The van der Waals surface area contributed by atoms with Crippen LogP contribution >= 0.6 is 0 Å². The molecule has 4 fully saturated rings. The van der Waals surface area contributed by atoms with Crippen molar-refractivity contribution in [2.24, 2.45) is 10.2 Å². The normalized spacial score (nSPS) is 40.8. The summed E-state index contributed by atoms with van der Waals surface area (Å²) in [6.07, 6.45) is 5.51. The number of rotatable bonds is 5. The van der Waals surface area contributed by atoms with Crippen LogP contribution in [0, 0.1) is 0 Å². The Balaban J connectivity index is 1.07. The van der Waals surface area contributed by atoms with Crippen LogP contribution in [-0.2, 0) is 23.7 Å². The number of aliphatic hydroxyl groups is 2. The first kappa shape index (κ1) is 30.2. The second-order valence-corrected chi connectivity index (χ2v) is 16.0. The smallest absolute Gasteiger partial charge is 0.166 e. The third-order valence-corrected chi connectivity index (χ3v) is 13.9. The van der Waals surface area contributed by atoms with Crippen LogP contribution in [0.25, 0.3) is 0 Å². The van der Waals surface area contributed by atoms with E-state index in [9.17, 15) is 20.4 Å². The predicted molar refractivity (Wildman–Crippen MR) is 184 cm³/mol. The maximum absolute atomic E-state index is 12.8. The quantitative estimate of drug-likeness (QED) is 0.282. The summed E-state index contributed by atoms with van der Waals surface area (Å²) in [6, 6.07) is 7.19. The molecular weight excluding hydrogens is 620 g/mol. The second-order valence-electron chi connectivity index (χ2n) is 16.0. The van der Waals surface area contributed by atoms with Gasteiger partial charge in [0.2, 0.25) is 0 Å². The lowest BCUT2D eigenvalue weighted by Gasteiger charge is -2.63. The Morgan fingerprint density at radius 2 is 1.31 bits per heavy atom. The maximum atomic E-state index is 12.8.